The lowest BCUT2D eigenvalue weighted by molar-refractivity contribution is 0.0998. The lowest BCUT2D eigenvalue weighted by Crippen LogP contribution is -2.10. The van der Waals surface area contributed by atoms with Crippen LogP contribution in [0.15, 0.2) is 62.3 Å². The van der Waals surface area contributed by atoms with E-state index in [9.17, 15) is 13.2 Å². The van der Waals surface area contributed by atoms with Crippen molar-refractivity contribution in [3.63, 3.8) is 0 Å². The SMILES string of the molecule is CS(=O)(=O)c1ccc(NC(=O)c2cc3cccc(Br)c3o2)cc1. The first-order chi connectivity index (χ1) is 10.8. The van der Waals surface area contributed by atoms with Gasteiger partial charge >= 0.3 is 0 Å². The average molecular weight is 394 g/mol. The van der Waals surface area contributed by atoms with Crippen molar-refractivity contribution in [2.45, 2.75) is 4.90 Å². The Bertz CT molecular complexity index is 991. The van der Waals surface area contributed by atoms with Crippen LogP contribution in [0.2, 0.25) is 0 Å². The van der Waals surface area contributed by atoms with Gasteiger partial charge in [0.25, 0.3) is 5.91 Å². The maximum absolute atomic E-state index is 12.2. The van der Waals surface area contributed by atoms with E-state index in [1.165, 1.54) is 24.3 Å². The first-order valence-electron chi connectivity index (χ1n) is 6.64. The van der Waals surface area contributed by atoms with Gasteiger partial charge in [-0.2, -0.15) is 0 Å². The molecule has 5 nitrogen and oxygen atoms in total. The molecule has 0 fully saturated rings. The molecule has 0 radical (unpaired) electrons. The normalized spacial score (nSPS) is 11.6. The summed E-state index contributed by atoms with van der Waals surface area (Å²) in [6, 6.07) is 13.1. The van der Waals surface area contributed by atoms with Crippen molar-refractivity contribution >= 4 is 48.3 Å². The minimum Gasteiger partial charge on any atom is -0.450 e. The number of nitrogens with one attached hydrogen (secondary N) is 1. The van der Waals surface area contributed by atoms with Crippen LogP contribution in [-0.4, -0.2) is 20.6 Å². The van der Waals surface area contributed by atoms with Crippen molar-refractivity contribution in [2.24, 2.45) is 0 Å². The number of amides is 1. The van der Waals surface area contributed by atoms with Gasteiger partial charge in [0, 0.05) is 17.3 Å². The van der Waals surface area contributed by atoms with Crippen LogP contribution in [0.3, 0.4) is 0 Å². The van der Waals surface area contributed by atoms with Crippen molar-refractivity contribution in [3.05, 3.63) is 58.8 Å². The summed E-state index contributed by atoms with van der Waals surface area (Å²) in [7, 11) is -3.26. The molecule has 1 amide bonds. The fraction of sp³-hybridized carbons (Fsp3) is 0.0625. The van der Waals surface area contributed by atoms with E-state index in [1.54, 1.807) is 6.07 Å². The molecule has 1 heterocycles. The van der Waals surface area contributed by atoms with Crippen molar-refractivity contribution < 1.29 is 17.6 Å². The van der Waals surface area contributed by atoms with Gasteiger partial charge in [0.15, 0.2) is 15.6 Å². The molecule has 1 aromatic heterocycles. The average Bonchev–Trinajstić information content (AvgIpc) is 2.92. The molecule has 23 heavy (non-hydrogen) atoms. The molecule has 0 atom stereocenters. The van der Waals surface area contributed by atoms with E-state index in [-0.39, 0.29) is 10.7 Å². The first-order valence-corrected chi connectivity index (χ1v) is 9.32. The second kappa shape index (κ2) is 5.82. The number of sulfone groups is 1. The molecule has 1 N–H and O–H groups in total. The van der Waals surface area contributed by atoms with Gasteiger partial charge in [0.05, 0.1) is 9.37 Å². The predicted octanol–water partition coefficient (Wildman–Crippen LogP) is 3.85. The fourth-order valence-electron chi connectivity index (χ4n) is 2.12. The summed E-state index contributed by atoms with van der Waals surface area (Å²) < 4.78 is 29.2. The van der Waals surface area contributed by atoms with E-state index in [0.717, 1.165) is 16.1 Å². The largest absolute Gasteiger partial charge is 0.450 e. The van der Waals surface area contributed by atoms with Gasteiger partial charge < -0.3 is 9.73 Å². The minimum absolute atomic E-state index is 0.180. The van der Waals surface area contributed by atoms with E-state index in [4.69, 9.17) is 4.42 Å². The molecule has 3 rings (SSSR count). The van der Waals surface area contributed by atoms with Crippen LogP contribution in [0.5, 0.6) is 0 Å². The van der Waals surface area contributed by atoms with Gasteiger partial charge in [0.1, 0.15) is 5.58 Å². The zero-order chi connectivity index (χ0) is 16.6. The second-order valence-electron chi connectivity index (χ2n) is 5.02. The lowest BCUT2D eigenvalue weighted by atomic mass is 10.2. The Morgan fingerprint density at radius 3 is 2.43 bits per heavy atom. The minimum atomic E-state index is -3.26. The number of halogens is 1. The Labute approximate surface area is 141 Å². The quantitative estimate of drug-likeness (QED) is 0.732. The van der Waals surface area contributed by atoms with Crippen LogP contribution in [0.1, 0.15) is 10.6 Å². The van der Waals surface area contributed by atoms with E-state index >= 15 is 0 Å². The Kier molecular flexibility index (Phi) is 3.99. The number of anilines is 1. The molecular formula is C16H12BrNO4S. The van der Waals surface area contributed by atoms with Crippen molar-refractivity contribution in [1.82, 2.24) is 0 Å². The van der Waals surface area contributed by atoms with E-state index in [2.05, 4.69) is 21.2 Å². The van der Waals surface area contributed by atoms with Crippen LogP contribution in [0.4, 0.5) is 5.69 Å². The number of rotatable bonds is 3. The van der Waals surface area contributed by atoms with Gasteiger partial charge in [-0.05, 0) is 52.3 Å². The number of furan rings is 1. The zero-order valence-corrected chi connectivity index (χ0v) is 14.4. The number of carbonyl (C=O) groups is 1. The molecule has 0 aliphatic rings. The van der Waals surface area contributed by atoms with Crippen LogP contribution in [0, 0.1) is 0 Å². The van der Waals surface area contributed by atoms with Crippen molar-refractivity contribution in [2.75, 3.05) is 11.6 Å². The molecule has 0 spiro atoms. The lowest BCUT2D eigenvalue weighted by Gasteiger charge is -2.04. The highest BCUT2D eigenvalue weighted by Gasteiger charge is 2.14. The molecule has 118 valence electrons. The van der Waals surface area contributed by atoms with Gasteiger partial charge in [-0.3, -0.25) is 4.79 Å². The number of fused-ring (bicyclic) bond motifs is 1. The summed E-state index contributed by atoms with van der Waals surface area (Å²) in [5.74, 6) is -0.223. The third kappa shape index (κ3) is 3.30. The van der Waals surface area contributed by atoms with E-state index in [0.29, 0.717) is 11.3 Å². The third-order valence-corrected chi connectivity index (χ3v) is 5.01. The summed E-state index contributed by atoms with van der Waals surface area (Å²) in [6.45, 7) is 0. The summed E-state index contributed by atoms with van der Waals surface area (Å²) in [6.07, 6.45) is 1.13. The molecular weight excluding hydrogens is 382 g/mol. The highest BCUT2D eigenvalue weighted by molar-refractivity contribution is 9.10. The number of benzene rings is 2. The monoisotopic (exact) mass is 393 g/mol. The number of hydrogen-bond donors (Lipinski definition) is 1. The molecule has 0 aliphatic carbocycles. The van der Waals surface area contributed by atoms with Crippen LogP contribution >= 0.6 is 15.9 Å². The number of hydrogen-bond acceptors (Lipinski definition) is 4. The Morgan fingerprint density at radius 1 is 1.13 bits per heavy atom. The van der Waals surface area contributed by atoms with Crippen molar-refractivity contribution in [3.8, 4) is 0 Å². The first kappa shape index (κ1) is 15.8. The van der Waals surface area contributed by atoms with Crippen LogP contribution < -0.4 is 5.32 Å². The summed E-state index contributed by atoms with van der Waals surface area (Å²) in [5, 5.41) is 3.49. The van der Waals surface area contributed by atoms with Crippen LogP contribution in [0.25, 0.3) is 11.0 Å². The maximum Gasteiger partial charge on any atom is 0.291 e. The van der Waals surface area contributed by atoms with E-state index in [1.807, 2.05) is 18.2 Å². The topological polar surface area (TPSA) is 76.4 Å². The molecule has 0 saturated carbocycles. The highest BCUT2D eigenvalue weighted by Crippen LogP contribution is 2.27. The molecule has 0 saturated heterocycles. The molecule has 0 unspecified atom stereocenters. The van der Waals surface area contributed by atoms with Crippen molar-refractivity contribution in [1.29, 1.82) is 0 Å². The van der Waals surface area contributed by atoms with Gasteiger partial charge in [-0.15, -0.1) is 0 Å². The highest BCUT2D eigenvalue weighted by atomic mass is 79.9. The summed E-state index contributed by atoms with van der Waals surface area (Å²) in [5.41, 5.74) is 1.09. The van der Waals surface area contributed by atoms with Gasteiger partial charge in [0.2, 0.25) is 0 Å². The Hall–Kier alpha value is -2.12. The fourth-order valence-corrected chi connectivity index (χ4v) is 3.21. The zero-order valence-electron chi connectivity index (χ0n) is 12.0. The standard InChI is InChI=1S/C16H12BrNO4S/c1-23(20,21)12-7-5-11(6-8-12)18-16(19)14-9-10-3-2-4-13(17)15(10)22-14/h2-9H,1H3,(H,18,19). The van der Waals surface area contributed by atoms with Crippen LogP contribution in [-0.2, 0) is 9.84 Å². The number of para-hydroxylation sites is 1. The summed E-state index contributed by atoms with van der Waals surface area (Å²) in [4.78, 5) is 12.4. The molecule has 3 aromatic rings. The smallest absolute Gasteiger partial charge is 0.291 e. The predicted molar refractivity (Wildman–Crippen MR) is 91.4 cm³/mol. The van der Waals surface area contributed by atoms with Gasteiger partial charge in [-0.25, -0.2) is 8.42 Å². The van der Waals surface area contributed by atoms with E-state index < -0.39 is 15.7 Å². The molecule has 7 heteroatoms. The maximum atomic E-state index is 12.2. The molecule has 0 bridgehead atoms. The third-order valence-electron chi connectivity index (χ3n) is 3.26. The number of carbonyl (C=O) groups excluding carboxylic acids is 1. The second-order valence-corrected chi connectivity index (χ2v) is 7.89. The summed E-state index contributed by atoms with van der Waals surface area (Å²) >= 11 is 3.37. The van der Waals surface area contributed by atoms with Gasteiger partial charge in [-0.1, -0.05) is 12.1 Å². The Balaban J connectivity index is 1.84. The Morgan fingerprint density at radius 2 is 1.83 bits per heavy atom. The molecule has 2 aromatic carbocycles. The molecule has 0 aliphatic heterocycles.